The molecule has 2 nitrogen and oxygen atoms in total. The van der Waals surface area contributed by atoms with Gasteiger partial charge in [0.25, 0.3) is 0 Å². The smallest absolute Gasteiger partial charge is 0.220 e. The van der Waals surface area contributed by atoms with E-state index in [1.807, 2.05) is 6.07 Å². The van der Waals surface area contributed by atoms with Crippen LogP contribution in [0.2, 0.25) is 0 Å². The topological polar surface area (TPSA) is 29.1 Å². The summed E-state index contributed by atoms with van der Waals surface area (Å²) in [4.78, 5) is 11.6. The minimum absolute atomic E-state index is 0.253. The lowest BCUT2D eigenvalue weighted by molar-refractivity contribution is -0.119. The Morgan fingerprint density at radius 3 is 2.59 bits per heavy atom. The molecule has 1 saturated heterocycles. The minimum Gasteiger partial charge on any atom is -0.353 e. The molecule has 0 bridgehead atoms. The Labute approximate surface area is 102 Å². The maximum atomic E-state index is 11.6. The summed E-state index contributed by atoms with van der Waals surface area (Å²) >= 11 is 0. The van der Waals surface area contributed by atoms with E-state index in [1.165, 1.54) is 24.8 Å². The first kappa shape index (κ1) is 10.8. The molecule has 1 aliphatic carbocycles. The van der Waals surface area contributed by atoms with Gasteiger partial charge in [-0.3, -0.25) is 4.79 Å². The van der Waals surface area contributed by atoms with Gasteiger partial charge in [-0.1, -0.05) is 49.6 Å². The number of hydrogen-bond acceptors (Lipinski definition) is 1. The second-order valence-electron chi connectivity index (χ2n) is 5.42. The summed E-state index contributed by atoms with van der Waals surface area (Å²) in [7, 11) is 0. The van der Waals surface area contributed by atoms with Crippen molar-refractivity contribution in [3.63, 3.8) is 0 Å². The van der Waals surface area contributed by atoms with E-state index in [2.05, 4.69) is 29.6 Å². The van der Waals surface area contributed by atoms with Gasteiger partial charge < -0.3 is 5.32 Å². The third-order valence-electron chi connectivity index (χ3n) is 4.34. The number of hydrogen-bond donors (Lipinski definition) is 1. The maximum Gasteiger partial charge on any atom is 0.220 e. The number of benzene rings is 1. The van der Waals surface area contributed by atoms with E-state index in [1.54, 1.807) is 0 Å². The van der Waals surface area contributed by atoms with Crippen molar-refractivity contribution in [3.05, 3.63) is 35.9 Å². The van der Waals surface area contributed by atoms with Crippen LogP contribution in [-0.4, -0.2) is 11.9 Å². The van der Waals surface area contributed by atoms with Crippen LogP contribution in [0.1, 0.15) is 31.2 Å². The van der Waals surface area contributed by atoms with Crippen LogP contribution in [0.3, 0.4) is 0 Å². The molecular formula is C15H19NO. The highest BCUT2D eigenvalue weighted by Gasteiger charge is 2.39. The van der Waals surface area contributed by atoms with E-state index in [-0.39, 0.29) is 5.91 Å². The zero-order chi connectivity index (χ0) is 11.7. The Hall–Kier alpha value is -1.31. The first-order valence-electron chi connectivity index (χ1n) is 6.66. The SMILES string of the molecule is O=C1CC(C2CCC2)C(Cc2ccccc2)N1. The zero-order valence-electron chi connectivity index (χ0n) is 10.1. The second kappa shape index (κ2) is 4.52. The normalized spacial score (nSPS) is 28.8. The van der Waals surface area contributed by atoms with Gasteiger partial charge in [0, 0.05) is 12.5 Å². The third kappa shape index (κ3) is 2.21. The van der Waals surface area contributed by atoms with Crippen LogP contribution in [0.15, 0.2) is 30.3 Å². The average molecular weight is 229 g/mol. The highest BCUT2D eigenvalue weighted by molar-refractivity contribution is 5.79. The van der Waals surface area contributed by atoms with Gasteiger partial charge in [-0.15, -0.1) is 0 Å². The Kier molecular flexibility index (Phi) is 2.87. The van der Waals surface area contributed by atoms with E-state index >= 15 is 0 Å². The van der Waals surface area contributed by atoms with Gasteiger partial charge >= 0.3 is 0 Å². The first-order chi connectivity index (χ1) is 8.33. The molecule has 0 aromatic heterocycles. The van der Waals surface area contributed by atoms with Crippen molar-refractivity contribution >= 4 is 5.91 Å². The zero-order valence-corrected chi connectivity index (χ0v) is 10.1. The van der Waals surface area contributed by atoms with Crippen molar-refractivity contribution in [2.45, 2.75) is 38.1 Å². The van der Waals surface area contributed by atoms with Crippen molar-refractivity contribution in [2.24, 2.45) is 11.8 Å². The van der Waals surface area contributed by atoms with Gasteiger partial charge in [0.1, 0.15) is 0 Å². The van der Waals surface area contributed by atoms with E-state index in [0.29, 0.717) is 12.0 Å². The molecule has 2 atom stereocenters. The van der Waals surface area contributed by atoms with E-state index in [4.69, 9.17) is 0 Å². The molecule has 3 rings (SSSR count). The van der Waals surface area contributed by atoms with Crippen LogP contribution >= 0.6 is 0 Å². The Morgan fingerprint density at radius 1 is 1.18 bits per heavy atom. The summed E-state index contributed by atoms with van der Waals surface area (Å²) in [6.45, 7) is 0. The van der Waals surface area contributed by atoms with Crippen LogP contribution in [0.5, 0.6) is 0 Å². The van der Waals surface area contributed by atoms with Crippen molar-refractivity contribution in [3.8, 4) is 0 Å². The lowest BCUT2D eigenvalue weighted by Crippen LogP contribution is -2.36. The van der Waals surface area contributed by atoms with E-state index < -0.39 is 0 Å². The summed E-state index contributed by atoms with van der Waals surface area (Å²) in [5, 5.41) is 3.16. The fourth-order valence-electron chi connectivity index (χ4n) is 3.16. The monoisotopic (exact) mass is 229 g/mol. The van der Waals surface area contributed by atoms with Gasteiger partial charge in [0.15, 0.2) is 0 Å². The molecule has 2 fully saturated rings. The fraction of sp³-hybridized carbons (Fsp3) is 0.533. The number of amides is 1. The Bertz CT molecular complexity index is 397. The van der Waals surface area contributed by atoms with Crippen molar-refractivity contribution in [2.75, 3.05) is 0 Å². The van der Waals surface area contributed by atoms with Gasteiger partial charge in [0.05, 0.1) is 0 Å². The molecule has 17 heavy (non-hydrogen) atoms. The first-order valence-corrected chi connectivity index (χ1v) is 6.66. The molecule has 1 saturated carbocycles. The van der Waals surface area contributed by atoms with Crippen molar-refractivity contribution in [1.82, 2.24) is 5.32 Å². The van der Waals surface area contributed by atoms with Crippen LogP contribution < -0.4 is 5.32 Å². The van der Waals surface area contributed by atoms with Gasteiger partial charge in [-0.25, -0.2) is 0 Å². The number of nitrogens with one attached hydrogen (secondary N) is 1. The molecule has 0 radical (unpaired) electrons. The minimum atomic E-state index is 0.253. The highest BCUT2D eigenvalue weighted by Crippen LogP contribution is 2.39. The fourth-order valence-corrected chi connectivity index (χ4v) is 3.16. The largest absolute Gasteiger partial charge is 0.353 e. The predicted molar refractivity (Wildman–Crippen MR) is 67.5 cm³/mol. The summed E-state index contributed by atoms with van der Waals surface area (Å²) in [5.41, 5.74) is 1.34. The van der Waals surface area contributed by atoms with Crippen molar-refractivity contribution < 1.29 is 4.79 Å². The number of carbonyl (C=O) groups is 1. The molecule has 2 heteroatoms. The molecule has 90 valence electrons. The Balaban J connectivity index is 1.70. The quantitative estimate of drug-likeness (QED) is 0.848. The molecule has 1 aliphatic heterocycles. The van der Waals surface area contributed by atoms with Crippen LogP contribution in [0.25, 0.3) is 0 Å². The van der Waals surface area contributed by atoms with Crippen LogP contribution in [0.4, 0.5) is 0 Å². The molecule has 1 amide bonds. The maximum absolute atomic E-state index is 11.6. The molecule has 1 N–H and O–H groups in total. The van der Waals surface area contributed by atoms with Crippen LogP contribution in [-0.2, 0) is 11.2 Å². The number of carbonyl (C=O) groups excluding carboxylic acids is 1. The molecule has 1 aromatic rings. The second-order valence-corrected chi connectivity index (χ2v) is 5.42. The summed E-state index contributed by atoms with van der Waals surface area (Å²) in [6, 6.07) is 10.9. The van der Waals surface area contributed by atoms with E-state index in [9.17, 15) is 4.79 Å². The van der Waals surface area contributed by atoms with Gasteiger partial charge in [-0.05, 0) is 23.8 Å². The van der Waals surface area contributed by atoms with Crippen molar-refractivity contribution in [1.29, 1.82) is 0 Å². The van der Waals surface area contributed by atoms with Crippen LogP contribution in [0, 0.1) is 11.8 Å². The molecule has 1 aromatic carbocycles. The average Bonchev–Trinajstić information content (AvgIpc) is 2.59. The van der Waals surface area contributed by atoms with Gasteiger partial charge in [0.2, 0.25) is 5.91 Å². The highest BCUT2D eigenvalue weighted by atomic mass is 16.2. The lowest BCUT2D eigenvalue weighted by atomic mass is 9.72. The molecule has 2 unspecified atom stereocenters. The molecule has 2 aliphatic rings. The van der Waals surface area contributed by atoms with E-state index in [0.717, 1.165) is 18.8 Å². The predicted octanol–water partition coefficient (Wildman–Crippen LogP) is 2.53. The summed E-state index contributed by atoms with van der Waals surface area (Å²) < 4.78 is 0. The standard InChI is InChI=1S/C15H19NO/c17-15-10-13(12-7-4-8-12)14(16-15)9-11-5-2-1-3-6-11/h1-3,5-6,12-14H,4,7-10H2,(H,16,17). The van der Waals surface area contributed by atoms with Gasteiger partial charge in [-0.2, -0.15) is 0 Å². The molecule has 0 spiro atoms. The molecular weight excluding hydrogens is 210 g/mol. The number of rotatable bonds is 3. The Morgan fingerprint density at radius 2 is 1.94 bits per heavy atom. The molecule has 1 heterocycles. The lowest BCUT2D eigenvalue weighted by Gasteiger charge is -2.34. The summed E-state index contributed by atoms with van der Waals surface area (Å²) in [6.07, 6.45) is 5.75. The third-order valence-corrected chi connectivity index (χ3v) is 4.34. The summed E-state index contributed by atoms with van der Waals surface area (Å²) in [5.74, 6) is 1.63.